The summed E-state index contributed by atoms with van der Waals surface area (Å²) in [6, 6.07) is 30.2. The fourth-order valence-corrected chi connectivity index (χ4v) is 9.06. The van der Waals surface area contributed by atoms with Crippen LogP contribution in [0, 0.1) is 23.7 Å². The maximum atomic E-state index is 3.60. The van der Waals surface area contributed by atoms with Gasteiger partial charge in [0.2, 0.25) is 0 Å². The summed E-state index contributed by atoms with van der Waals surface area (Å²) in [5.74, 6) is 3.59. The molecule has 33 heavy (non-hydrogen) atoms. The highest BCUT2D eigenvalue weighted by atomic mass is 79.9. The van der Waals surface area contributed by atoms with Crippen LogP contribution in [0.2, 0.25) is 0 Å². The Hall–Kier alpha value is -2.38. The van der Waals surface area contributed by atoms with E-state index in [0.29, 0.717) is 0 Å². The Morgan fingerprint density at radius 3 is 2.06 bits per heavy atom. The molecule has 0 atom stereocenters. The van der Waals surface area contributed by atoms with Crippen molar-refractivity contribution in [3.8, 4) is 22.3 Å². The molecule has 4 aromatic carbocycles. The van der Waals surface area contributed by atoms with Crippen molar-refractivity contribution in [2.75, 3.05) is 0 Å². The highest BCUT2D eigenvalue weighted by Crippen LogP contribution is 2.70. The van der Waals surface area contributed by atoms with Crippen LogP contribution in [0.15, 0.2) is 83.3 Å². The van der Waals surface area contributed by atoms with Gasteiger partial charge >= 0.3 is 0 Å². The van der Waals surface area contributed by atoms with E-state index >= 15 is 0 Å². The highest BCUT2D eigenvalue weighted by Gasteiger charge is 2.61. The molecule has 0 radical (unpaired) electrons. The van der Waals surface area contributed by atoms with Crippen LogP contribution in [0.5, 0.6) is 0 Å². The first-order valence-corrected chi connectivity index (χ1v) is 13.4. The molecule has 9 rings (SSSR count). The lowest BCUT2D eigenvalue weighted by Gasteiger charge is -2.61. The molecule has 0 aliphatic heterocycles. The van der Waals surface area contributed by atoms with Crippen LogP contribution in [0.3, 0.4) is 0 Å². The first-order chi connectivity index (χ1) is 16.2. The van der Waals surface area contributed by atoms with Gasteiger partial charge in [0.05, 0.1) is 0 Å². The Morgan fingerprint density at radius 1 is 0.636 bits per heavy atom. The molecule has 0 saturated heterocycles. The smallest absolute Gasteiger partial charge is 0.0272 e. The predicted octanol–water partition coefficient (Wildman–Crippen LogP) is 8.99. The van der Waals surface area contributed by atoms with E-state index in [0.717, 1.165) is 28.1 Å². The van der Waals surface area contributed by atoms with E-state index in [1.165, 1.54) is 65.1 Å². The van der Waals surface area contributed by atoms with E-state index in [9.17, 15) is 0 Å². The molecule has 4 fully saturated rings. The molecule has 5 aliphatic carbocycles. The Balaban J connectivity index is 1.43. The molecule has 1 spiro atoms. The van der Waals surface area contributed by atoms with Crippen LogP contribution in [0.1, 0.15) is 43.2 Å². The Labute approximate surface area is 204 Å². The summed E-state index contributed by atoms with van der Waals surface area (Å²) in [5.41, 5.74) is 9.21. The minimum Gasteiger partial charge on any atom is -0.0616 e. The summed E-state index contributed by atoms with van der Waals surface area (Å²) < 4.78 is 1.14. The molecule has 0 nitrogen and oxygen atoms in total. The first-order valence-electron chi connectivity index (χ1n) is 12.6. The number of fused-ring (bicyclic) bond motifs is 5. The van der Waals surface area contributed by atoms with E-state index in [1.807, 2.05) is 0 Å². The maximum Gasteiger partial charge on any atom is 0.0272 e. The average Bonchev–Trinajstić information content (AvgIpc) is 3.13. The fraction of sp³-hybridized carbons (Fsp3) is 0.312. The minimum absolute atomic E-state index is 0.236. The molecule has 4 aromatic rings. The zero-order valence-corrected chi connectivity index (χ0v) is 20.3. The van der Waals surface area contributed by atoms with Gasteiger partial charge in [-0.25, -0.2) is 0 Å². The van der Waals surface area contributed by atoms with Gasteiger partial charge in [-0.1, -0.05) is 76.6 Å². The first kappa shape index (κ1) is 19.0. The van der Waals surface area contributed by atoms with Crippen LogP contribution in [-0.4, -0.2) is 0 Å². The summed E-state index contributed by atoms with van der Waals surface area (Å²) in [6.07, 6.45) is 7.25. The topological polar surface area (TPSA) is 0 Å². The summed E-state index contributed by atoms with van der Waals surface area (Å²) >= 11 is 3.60. The molecule has 0 aromatic heterocycles. The van der Waals surface area contributed by atoms with Crippen molar-refractivity contribution < 1.29 is 0 Å². The van der Waals surface area contributed by atoms with E-state index in [-0.39, 0.29) is 5.41 Å². The van der Waals surface area contributed by atoms with E-state index in [2.05, 4.69) is 94.8 Å². The molecule has 4 bridgehead atoms. The number of rotatable bonds is 1. The third kappa shape index (κ3) is 2.42. The van der Waals surface area contributed by atoms with Crippen molar-refractivity contribution in [2.45, 2.75) is 37.5 Å². The summed E-state index contributed by atoms with van der Waals surface area (Å²) in [6.45, 7) is 0. The monoisotopic (exact) mass is 490 g/mol. The second-order valence-electron chi connectivity index (χ2n) is 11.1. The van der Waals surface area contributed by atoms with Crippen LogP contribution in [0.25, 0.3) is 33.0 Å². The fourth-order valence-electron chi connectivity index (χ4n) is 8.79. The third-order valence-corrected chi connectivity index (χ3v) is 10.2. The molecule has 1 heteroatoms. The lowest BCUT2D eigenvalue weighted by Crippen LogP contribution is -2.55. The lowest BCUT2D eigenvalue weighted by molar-refractivity contribution is -0.0399. The van der Waals surface area contributed by atoms with E-state index in [4.69, 9.17) is 0 Å². The van der Waals surface area contributed by atoms with Crippen molar-refractivity contribution in [3.63, 3.8) is 0 Å². The Bertz CT molecular complexity index is 1400. The second-order valence-corrected chi connectivity index (χ2v) is 12.1. The van der Waals surface area contributed by atoms with Crippen LogP contribution >= 0.6 is 15.9 Å². The van der Waals surface area contributed by atoms with Crippen molar-refractivity contribution in [2.24, 2.45) is 23.7 Å². The van der Waals surface area contributed by atoms with Gasteiger partial charge in [0, 0.05) is 9.89 Å². The number of benzene rings is 4. The zero-order chi connectivity index (χ0) is 21.7. The van der Waals surface area contributed by atoms with Crippen molar-refractivity contribution in [1.29, 1.82) is 0 Å². The van der Waals surface area contributed by atoms with Gasteiger partial charge in [-0.15, -0.1) is 0 Å². The third-order valence-electron chi connectivity index (χ3n) is 9.71. The second kappa shape index (κ2) is 6.60. The number of hydrogen-bond donors (Lipinski definition) is 0. The van der Waals surface area contributed by atoms with Crippen LogP contribution in [0.4, 0.5) is 0 Å². The quantitative estimate of drug-likeness (QED) is 0.249. The van der Waals surface area contributed by atoms with Gasteiger partial charge in [-0.3, -0.25) is 0 Å². The summed E-state index contributed by atoms with van der Waals surface area (Å²) in [4.78, 5) is 0. The normalized spacial score (nSPS) is 30.7. The molecule has 5 aliphatic rings. The van der Waals surface area contributed by atoms with E-state index in [1.54, 1.807) is 11.1 Å². The molecule has 0 amide bonds. The summed E-state index contributed by atoms with van der Waals surface area (Å²) in [5, 5.41) is 2.81. The number of halogens is 1. The van der Waals surface area contributed by atoms with Crippen molar-refractivity contribution in [1.82, 2.24) is 0 Å². The Kier molecular flexibility index (Phi) is 3.80. The Morgan fingerprint density at radius 2 is 1.30 bits per heavy atom. The van der Waals surface area contributed by atoms with Gasteiger partial charge in [0.25, 0.3) is 0 Å². The minimum atomic E-state index is 0.236. The molecular weight excluding hydrogens is 464 g/mol. The zero-order valence-electron chi connectivity index (χ0n) is 18.7. The van der Waals surface area contributed by atoms with Crippen LogP contribution < -0.4 is 0 Å². The summed E-state index contributed by atoms with van der Waals surface area (Å²) in [7, 11) is 0. The lowest BCUT2D eigenvalue weighted by atomic mass is 9.43. The van der Waals surface area contributed by atoms with Crippen LogP contribution in [-0.2, 0) is 5.41 Å². The average molecular weight is 491 g/mol. The van der Waals surface area contributed by atoms with Gasteiger partial charge in [-0.2, -0.15) is 0 Å². The van der Waals surface area contributed by atoms with Crippen molar-refractivity contribution >= 4 is 26.7 Å². The standard InChI is InChI=1S/C32H27Br/c33-26-9-5-21(6-10-26)23-8-11-29-28(18-23)31-27-4-2-1-3-22(27)7-12-30(31)32(29)24-14-19-13-20(16-24)17-25(32)15-19/h1-12,18-20,24-25H,13-17H2. The van der Waals surface area contributed by atoms with Gasteiger partial charge in [-0.05, 0) is 118 Å². The van der Waals surface area contributed by atoms with Gasteiger partial charge in [0.1, 0.15) is 0 Å². The van der Waals surface area contributed by atoms with E-state index < -0.39 is 0 Å². The molecular formula is C32H27Br. The number of hydrogen-bond acceptors (Lipinski definition) is 0. The van der Waals surface area contributed by atoms with Crippen molar-refractivity contribution in [3.05, 3.63) is 94.5 Å². The highest BCUT2D eigenvalue weighted by molar-refractivity contribution is 9.10. The van der Waals surface area contributed by atoms with Gasteiger partial charge in [0.15, 0.2) is 0 Å². The molecule has 0 heterocycles. The molecule has 162 valence electrons. The van der Waals surface area contributed by atoms with Gasteiger partial charge < -0.3 is 0 Å². The largest absolute Gasteiger partial charge is 0.0616 e. The molecule has 4 saturated carbocycles. The molecule has 0 unspecified atom stereocenters. The molecule has 0 N–H and O–H groups in total. The maximum absolute atomic E-state index is 3.60. The predicted molar refractivity (Wildman–Crippen MR) is 140 cm³/mol. The SMILES string of the molecule is Brc1ccc(-c2ccc3c(c2)-c2c(ccc4ccccc24)C32C3CC4CC(C3)CC2C4)cc1.